The van der Waals surface area contributed by atoms with Crippen LogP contribution in [0.3, 0.4) is 0 Å². The fraction of sp³-hybridized carbons (Fsp3) is 0.300. The molecular weight excluding hydrogens is 300 g/mol. The number of benzene rings is 1. The predicted molar refractivity (Wildman–Crippen MR) is 53.1 cm³/mol. The third-order valence-corrected chi connectivity index (χ3v) is 2.04. The fourth-order valence-electron chi connectivity index (χ4n) is 0.985. The SMILES string of the molecule is Fc1ccc(/C=N/NC(F)(F)C(F)(F)C(F)(F)F)cc1. The summed E-state index contributed by atoms with van der Waals surface area (Å²) >= 11 is 0. The normalized spacial score (nSPS) is 13.8. The van der Waals surface area contributed by atoms with Gasteiger partial charge in [-0.1, -0.05) is 12.1 Å². The van der Waals surface area contributed by atoms with Crippen LogP contribution in [0.15, 0.2) is 29.4 Å². The van der Waals surface area contributed by atoms with Crippen molar-refractivity contribution in [1.29, 1.82) is 0 Å². The Balaban J connectivity index is 2.79. The summed E-state index contributed by atoms with van der Waals surface area (Å²) < 4.78 is 98.0. The maximum Gasteiger partial charge on any atom is 0.462 e. The fourth-order valence-corrected chi connectivity index (χ4v) is 0.985. The molecule has 0 saturated carbocycles. The Morgan fingerprint density at radius 2 is 1.40 bits per heavy atom. The van der Waals surface area contributed by atoms with E-state index in [9.17, 15) is 35.1 Å². The van der Waals surface area contributed by atoms with Gasteiger partial charge in [-0.05, 0) is 17.7 Å². The summed E-state index contributed by atoms with van der Waals surface area (Å²) in [6, 6.07) is -1.67. The molecule has 0 atom stereocenters. The molecule has 0 heterocycles. The number of rotatable bonds is 4. The summed E-state index contributed by atoms with van der Waals surface area (Å²) in [5.74, 6) is -6.94. The summed E-state index contributed by atoms with van der Waals surface area (Å²) in [5, 5.41) is 2.60. The van der Waals surface area contributed by atoms with Crippen LogP contribution in [0.1, 0.15) is 5.56 Å². The van der Waals surface area contributed by atoms with Crippen molar-refractivity contribution in [1.82, 2.24) is 5.43 Å². The Kier molecular flexibility index (Phi) is 4.25. The molecule has 112 valence electrons. The van der Waals surface area contributed by atoms with Gasteiger partial charge < -0.3 is 0 Å². The summed E-state index contributed by atoms with van der Waals surface area (Å²) in [4.78, 5) is 0. The standard InChI is InChI=1S/C10H6F8N2/c11-7-3-1-6(2-4-7)5-19-20-10(17,18)8(12,13)9(14,15)16/h1-5,20H/b19-5+. The van der Waals surface area contributed by atoms with Crippen molar-refractivity contribution in [2.75, 3.05) is 0 Å². The van der Waals surface area contributed by atoms with Crippen molar-refractivity contribution in [2.24, 2.45) is 5.10 Å². The molecule has 0 bridgehead atoms. The quantitative estimate of drug-likeness (QED) is 0.391. The van der Waals surface area contributed by atoms with Gasteiger partial charge in [0, 0.05) is 0 Å². The van der Waals surface area contributed by atoms with Gasteiger partial charge in [0.25, 0.3) is 0 Å². The molecule has 1 aromatic carbocycles. The molecule has 10 heteroatoms. The summed E-state index contributed by atoms with van der Waals surface area (Å²) in [6.07, 6.45) is -5.89. The number of halogens is 8. The first kappa shape index (κ1) is 16.2. The molecule has 0 spiro atoms. The van der Waals surface area contributed by atoms with Crippen LogP contribution in [0.25, 0.3) is 0 Å². The van der Waals surface area contributed by atoms with Crippen LogP contribution in [0, 0.1) is 5.82 Å². The van der Waals surface area contributed by atoms with Crippen molar-refractivity contribution in [3.63, 3.8) is 0 Å². The minimum Gasteiger partial charge on any atom is -0.242 e. The van der Waals surface area contributed by atoms with Gasteiger partial charge in [0.1, 0.15) is 5.82 Å². The Labute approximate surface area is 107 Å². The third-order valence-electron chi connectivity index (χ3n) is 2.04. The third kappa shape index (κ3) is 3.36. The van der Waals surface area contributed by atoms with Gasteiger partial charge >= 0.3 is 18.1 Å². The molecule has 1 aromatic rings. The van der Waals surface area contributed by atoms with E-state index in [1.165, 1.54) is 0 Å². The van der Waals surface area contributed by atoms with Gasteiger partial charge in [-0.2, -0.15) is 35.8 Å². The minimum absolute atomic E-state index is 0.0185. The summed E-state index contributed by atoms with van der Waals surface area (Å²) in [6.45, 7) is 0. The van der Waals surface area contributed by atoms with Gasteiger partial charge in [-0.25, -0.2) is 9.82 Å². The molecular formula is C10H6F8N2. The predicted octanol–water partition coefficient (Wildman–Crippen LogP) is 3.54. The zero-order valence-electron chi connectivity index (χ0n) is 9.36. The lowest BCUT2D eigenvalue weighted by Gasteiger charge is -2.27. The Bertz CT molecular complexity index is 477. The van der Waals surface area contributed by atoms with Crippen molar-refractivity contribution in [2.45, 2.75) is 18.1 Å². The van der Waals surface area contributed by atoms with E-state index in [2.05, 4.69) is 5.10 Å². The Hall–Kier alpha value is -1.87. The van der Waals surface area contributed by atoms with E-state index in [1.54, 1.807) is 0 Å². The molecule has 0 aromatic heterocycles. The van der Waals surface area contributed by atoms with Crippen LogP contribution in [-0.2, 0) is 0 Å². The molecule has 0 aliphatic carbocycles. The van der Waals surface area contributed by atoms with Crippen LogP contribution in [-0.4, -0.2) is 24.4 Å². The van der Waals surface area contributed by atoms with E-state index >= 15 is 0 Å². The maximum atomic E-state index is 12.7. The van der Waals surface area contributed by atoms with Crippen LogP contribution in [0.4, 0.5) is 35.1 Å². The molecule has 0 aliphatic heterocycles. The molecule has 0 aliphatic rings. The van der Waals surface area contributed by atoms with Crippen LogP contribution in [0.5, 0.6) is 0 Å². The first-order valence-electron chi connectivity index (χ1n) is 4.85. The monoisotopic (exact) mass is 306 g/mol. The molecule has 0 unspecified atom stereocenters. The molecule has 0 amide bonds. The number of nitrogens with zero attached hydrogens (tertiary/aromatic N) is 1. The molecule has 2 nitrogen and oxygen atoms in total. The van der Waals surface area contributed by atoms with Gasteiger partial charge in [0.2, 0.25) is 0 Å². The largest absolute Gasteiger partial charge is 0.462 e. The van der Waals surface area contributed by atoms with E-state index < -0.39 is 24.0 Å². The topological polar surface area (TPSA) is 24.4 Å². The highest BCUT2D eigenvalue weighted by atomic mass is 19.4. The van der Waals surface area contributed by atoms with Gasteiger partial charge in [0.05, 0.1) is 6.21 Å². The minimum atomic E-state index is -6.44. The zero-order valence-corrected chi connectivity index (χ0v) is 9.36. The number of hydrazone groups is 1. The maximum absolute atomic E-state index is 12.7. The van der Waals surface area contributed by atoms with Crippen molar-refractivity contribution in [3.05, 3.63) is 35.6 Å². The van der Waals surface area contributed by atoms with E-state index in [1.807, 2.05) is 0 Å². The van der Waals surface area contributed by atoms with Gasteiger partial charge in [-0.15, -0.1) is 0 Å². The lowest BCUT2D eigenvalue weighted by atomic mass is 10.2. The Morgan fingerprint density at radius 3 is 1.85 bits per heavy atom. The van der Waals surface area contributed by atoms with E-state index in [-0.39, 0.29) is 5.56 Å². The summed E-state index contributed by atoms with van der Waals surface area (Å²) in [7, 11) is 0. The number of hydrogen-bond acceptors (Lipinski definition) is 2. The van der Waals surface area contributed by atoms with Crippen molar-refractivity contribution >= 4 is 6.21 Å². The number of alkyl halides is 7. The van der Waals surface area contributed by atoms with Crippen LogP contribution in [0.2, 0.25) is 0 Å². The molecule has 0 fully saturated rings. The second-order valence-electron chi connectivity index (χ2n) is 3.57. The first-order valence-corrected chi connectivity index (χ1v) is 4.85. The molecule has 0 saturated heterocycles. The van der Waals surface area contributed by atoms with Crippen LogP contribution >= 0.6 is 0 Å². The molecule has 0 radical (unpaired) electrons. The lowest BCUT2D eigenvalue weighted by molar-refractivity contribution is -0.361. The van der Waals surface area contributed by atoms with Gasteiger partial charge in [0.15, 0.2) is 0 Å². The van der Waals surface area contributed by atoms with E-state index in [0.29, 0.717) is 11.6 Å². The second-order valence-corrected chi connectivity index (χ2v) is 3.57. The van der Waals surface area contributed by atoms with Crippen LogP contribution < -0.4 is 5.43 Å². The van der Waals surface area contributed by atoms with Crippen molar-refractivity contribution in [3.8, 4) is 0 Å². The number of hydrogen-bond donors (Lipinski definition) is 1. The zero-order chi connectivity index (χ0) is 15.6. The second kappa shape index (κ2) is 5.25. The summed E-state index contributed by atoms with van der Waals surface area (Å²) in [5.41, 5.74) is 0.460. The smallest absolute Gasteiger partial charge is 0.242 e. The molecule has 1 N–H and O–H groups in total. The Morgan fingerprint density at radius 1 is 0.900 bits per heavy atom. The van der Waals surface area contributed by atoms with Gasteiger partial charge in [-0.3, -0.25) is 0 Å². The first-order chi connectivity index (χ1) is 8.97. The highest BCUT2D eigenvalue weighted by Crippen LogP contribution is 2.44. The lowest BCUT2D eigenvalue weighted by Crippen LogP contribution is -2.58. The highest BCUT2D eigenvalue weighted by Gasteiger charge is 2.73. The molecule has 20 heavy (non-hydrogen) atoms. The highest BCUT2D eigenvalue weighted by molar-refractivity contribution is 5.79. The molecule has 1 rings (SSSR count). The van der Waals surface area contributed by atoms with E-state index in [4.69, 9.17) is 0 Å². The average molecular weight is 306 g/mol. The van der Waals surface area contributed by atoms with E-state index in [0.717, 1.165) is 24.3 Å². The average Bonchev–Trinajstić information content (AvgIpc) is 2.30. The van der Waals surface area contributed by atoms with Crippen molar-refractivity contribution < 1.29 is 35.1 Å². The number of nitrogens with one attached hydrogen (secondary N) is 1.